The Bertz CT molecular complexity index is 1170. The lowest BCUT2D eigenvalue weighted by molar-refractivity contribution is 0.102. The molecule has 30 heavy (non-hydrogen) atoms. The second kappa shape index (κ2) is 7.95. The van der Waals surface area contributed by atoms with Crippen LogP contribution in [-0.4, -0.2) is 34.1 Å². The maximum absolute atomic E-state index is 13.1. The zero-order valence-corrected chi connectivity index (χ0v) is 18.1. The third-order valence-corrected chi connectivity index (χ3v) is 6.56. The Morgan fingerprint density at radius 1 is 1.10 bits per heavy atom. The molecule has 0 fully saturated rings. The standard InChI is InChI=1S/C22H23N3O4S/c1-13-6-5-7-18(14(13)2)25-21(16-11-30(27)12-17(16)24-25)23-22(26)15-8-9-19(28-3)20(10-15)29-4/h5-10H,11-12H2,1-4H3,(H,23,26)/t30-/m0/s1. The van der Waals surface area contributed by atoms with Crippen molar-refractivity contribution in [1.82, 2.24) is 9.78 Å². The molecule has 1 aliphatic heterocycles. The first-order valence-electron chi connectivity index (χ1n) is 9.48. The van der Waals surface area contributed by atoms with Crippen LogP contribution in [0.3, 0.4) is 0 Å². The van der Waals surface area contributed by atoms with Crippen molar-refractivity contribution in [2.45, 2.75) is 25.4 Å². The summed E-state index contributed by atoms with van der Waals surface area (Å²) in [5.41, 5.74) is 5.09. The van der Waals surface area contributed by atoms with Crippen molar-refractivity contribution < 1.29 is 18.5 Å². The number of methoxy groups -OCH3 is 2. The first kappa shape index (κ1) is 20.2. The molecule has 1 amide bonds. The highest BCUT2D eigenvalue weighted by Gasteiger charge is 2.29. The first-order valence-corrected chi connectivity index (χ1v) is 11.0. The van der Waals surface area contributed by atoms with Gasteiger partial charge in [0.05, 0.1) is 37.1 Å². The van der Waals surface area contributed by atoms with Gasteiger partial charge < -0.3 is 14.8 Å². The summed E-state index contributed by atoms with van der Waals surface area (Å²) in [6, 6.07) is 11.0. The van der Waals surface area contributed by atoms with Crippen LogP contribution in [0.25, 0.3) is 5.69 Å². The van der Waals surface area contributed by atoms with Crippen LogP contribution in [0.5, 0.6) is 11.5 Å². The lowest BCUT2D eigenvalue weighted by atomic mass is 10.1. The van der Waals surface area contributed by atoms with Gasteiger partial charge in [-0.05, 0) is 49.2 Å². The number of aryl methyl sites for hydroxylation is 1. The number of nitrogens with zero attached hydrogens (tertiary/aromatic N) is 2. The van der Waals surface area contributed by atoms with Gasteiger partial charge in [-0.2, -0.15) is 5.10 Å². The molecule has 0 unspecified atom stereocenters. The Morgan fingerprint density at radius 3 is 2.60 bits per heavy atom. The molecule has 2 aromatic carbocycles. The Balaban J connectivity index is 1.76. The van der Waals surface area contributed by atoms with Gasteiger partial charge in [0.25, 0.3) is 5.91 Å². The van der Waals surface area contributed by atoms with Crippen molar-refractivity contribution >= 4 is 22.5 Å². The lowest BCUT2D eigenvalue weighted by Crippen LogP contribution is -2.17. The Kier molecular flexibility index (Phi) is 5.34. The zero-order chi connectivity index (χ0) is 21.4. The number of nitrogens with one attached hydrogen (secondary N) is 1. The SMILES string of the molecule is COc1ccc(C(=O)Nc2c3c(nn2-c2cccc(C)c2C)C[S@@](=O)C3)cc1OC. The van der Waals surface area contributed by atoms with Gasteiger partial charge in [-0.1, -0.05) is 12.1 Å². The van der Waals surface area contributed by atoms with Crippen LogP contribution in [0, 0.1) is 13.8 Å². The molecule has 7 nitrogen and oxygen atoms in total. The van der Waals surface area contributed by atoms with Crippen LogP contribution in [0.2, 0.25) is 0 Å². The molecule has 1 N–H and O–H groups in total. The molecule has 3 aromatic rings. The maximum Gasteiger partial charge on any atom is 0.256 e. The van der Waals surface area contributed by atoms with Gasteiger partial charge >= 0.3 is 0 Å². The van der Waals surface area contributed by atoms with E-state index in [4.69, 9.17) is 9.47 Å². The van der Waals surface area contributed by atoms with Gasteiger partial charge in [0.15, 0.2) is 11.5 Å². The average molecular weight is 426 g/mol. The molecule has 0 bridgehead atoms. The van der Waals surface area contributed by atoms with Crippen LogP contribution < -0.4 is 14.8 Å². The van der Waals surface area contributed by atoms with E-state index in [1.54, 1.807) is 30.0 Å². The number of fused-ring (bicyclic) bond motifs is 1. The molecule has 0 aliphatic carbocycles. The van der Waals surface area contributed by atoms with Crippen molar-refractivity contribution in [3.8, 4) is 17.2 Å². The van der Waals surface area contributed by atoms with Crippen LogP contribution in [0.15, 0.2) is 36.4 Å². The van der Waals surface area contributed by atoms with E-state index in [-0.39, 0.29) is 5.91 Å². The minimum Gasteiger partial charge on any atom is -0.493 e. The van der Waals surface area contributed by atoms with Crippen molar-refractivity contribution in [3.63, 3.8) is 0 Å². The van der Waals surface area contributed by atoms with Crippen LogP contribution in [0.4, 0.5) is 5.82 Å². The Labute approximate surface area is 177 Å². The highest BCUT2D eigenvalue weighted by atomic mass is 32.2. The molecule has 1 aromatic heterocycles. The van der Waals surface area contributed by atoms with Crippen molar-refractivity contribution in [1.29, 1.82) is 0 Å². The van der Waals surface area contributed by atoms with Crippen LogP contribution in [0.1, 0.15) is 32.7 Å². The summed E-state index contributed by atoms with van der Waals surface area (Å²) in [5.74, 6) is 2.05. The van der Waals surface area contributed by atoms with Gasteiger partial charge in [0.1, 0.15) is 5.82 Å². The van der Waals surface area contributed by atoms with E-state index in [1.807, 2.05) is 32.0 Å². The molecule has 0 saturated heterocycles. The number of anilines is 1. The third kappa shape index (κ3) is 3.47. The minimum absolute atomic E-state index is 0.303. The number of carbonyl (C=O) groups excluding carboxylic acids is 1. The largest absolute Gasteiger partial charge is 0.493 e. The summed E-state index contributed by atoms with van der Waals surface area (Å²) in [6.45, 7) is 4.06. The maximum atomic E-state index is 13.1. The number of hydrogen-bond acceptors (Lipinski definition) is 5. The molecule has 2 heterocycles. The highest BCUT2D eigenvalue weighted by molar-refractivity contribution is 7.83. The second-order valence-electron chi connectivity index (χ2n) is 7.16. The number of carbonyl (C=O) groups is 1. The van der Waals surface area contributed by atoms with Crippen molar-refractivity contribution in [3.05, 3.63) is 64.3 Å². The molecular weight excluding hydrogens is 402 g/mol. The molecule has 0 radical (unpaired) electrons. The number of aromatic nitrogens is 2. The van der Waals surface area contributed by atoms with Gasteiger partial charge in [0, 0.05) is 21.9 Å². The molecular formula is C22H23N3O4S. The topological polar surface area (TPSA) is 82.5 Å². The third-order valence-electron chi connectivity index (χ3n) is 5.35. The fourth-order valence-electron chi connectivity index (χ4n) is 3.55. The predicted molar refractivity (Wildman–Crippen MR) is 116 cm³/mol. The quantitative estimate of drug-likeness (QED) is 0.676. The summed E-state index contributed by atoms with van der Waals surface area (Å²) in [4.78, 5) is 13.1. The van der Waals surface area contributed by atoms with Gasteiger partial charge in [-0.3, -0.25) is 9.00 Å². The van der Waals surface area contributed by atoms with E-state index in [2.05, 4.69) is 10.4 Å². The molecule has 156 valence electrons. The predicted octanol–water partition coefficient (Wildman–Crippen LogP) is 3.52. The van der Waals surface area contributed by atoms with E-state index in [9.17, 15) is 9.00 Å². The van der Waals surface area contributed by atoms with Crippen LogP contribution in [-0.2, 0) is 22.3 Å². The van der Waals surface area contributed by atoms with E-state index >= 15 is 0 Å². The Morgan fingerprint density at radius 2 is 1.87 bits per heavy atom. The molecule has 1 aliphatic rings. The summed E-state index contributed by atoms with van der Waals surface area (Å²) in [6.07, 6.45) is 0. The summed E-state index contributed by atoms with van der Waals surface area (Å²) in [7, 11) is 2.07. The average Bonchev–Trinajstić information content (AvgIpc) is 3.26. The molecule has 0 spiro atoms. The summed E-state index contributed by atoms with van der Waals surface area (Å²) >= 11 is 0. The van der Waals surface area contributed by atoms with Gasteiger partial charge in [-0.25, -0.2) is 4.68 Å². The smallest absolute Gasteiger partial charge is 0.256 e. The van der Waals surface area contributed by atoms with E-state index in [0.717, 1.165) is 28.1 Å². The van der Waals surface area contributed by atoms with Crippen molar-refractivity contribution in [2.24, 2.45) is 0 Å². The molecule has 0 saturated carbocycles. The van der Waals surface area contributed by atoms with E-state index in [1.165, 1.54) is 7.11 Å². The number of hydrogen-bond donors (Lipinski definition) is 1. The number of amides is 1. The van der Waals surface area contributed by atoms with Gasteiger partial charge in [0.2, 0.25) is 0 Å². The molecule has 8 heteroatoms. The van der Waals surface area contributed by atoms with E-state index in [0.29, 0.717) is 34.4 Å². The number of benzene rings is 2. The summed E-state index contributed by atoms with van der Waals surface area (Å²) < 4.78 is 24.4. The second-order valence-corrected chi connectivity index (χ2v) is 8.61. The van der Waals surface area contributed by atoms with E-state index < -0.39 is 10.8 Å². The summed E-state index contributed by atoms with van der Waals surface area (Å²) in [5, 5.41) is 7.68. The van der Waals surface area contributed by atoms with Crippen molar-refractivity contribution in [2.75, 3.05) is 19.5 Å². The highest BCUT2D eigenvalue weighted by Crippen LogP contribution is 2.33. The molecule has 1 atom stereocenters. The lowest BCUT2D eigenvalue weighted by Gasteiger charge is -2.15. The first-order chi connectivity index (χ1) is 14.4. The normalized spacial score (nSPS) is 15.0. The minimum atomic E-state index is -1.01. The Hall–Kier alpha value is -3.13. The molecule has 4 rings (SSSR count). The van der Waals surface area contributed by atoms with Gasteiger partial charge in [-0.15, -0.1) is 0 Å². The number of rotatable bonds is 5. The van der Waals surface area contributed by atoms with Crippen LogP contribution >= 0.6 is 0 Å². The number of ether oxygens (including phenoxy) is 2. The zero-order valence-electron chi connectivity index (χ0n) is 17.3. The fraction of sp³-hybridized carbons (Fsp3) is 0.273. The fourth-order valence-corrected chi connectivity index (χ4v) is 4.82. The monoisotopic (exact) mass is 425 g/mol.